The first-order valence-electron chi connectivity index (χ1n) is 9.65. The lowest BCUT2D eigenvalue weighted by Crippen LogP contribution is -2.55. The van der Waals surface area contributed by atoms with Crippen LogP contribution in [0.15, 0.2) is 30.3 Å². The number of nitrogens with two attached hydrogens (primary N) is 1. The maximum Gasteiger partial charge on any atom is 0.232 e. The molecule has 0 atom stereocenters. The molecule has 0 amide bonds. The van der Waals surface area contributed by atoms with Crippen LogP contribution in [0, 0.1) is 20.8 Å². The molecule has 152 valence electrons. The van der Waals surface area contributed by atoms with E-state index in [4.69, 9.17) is 15.2 Å². The summed E-state index contributed by atoms with van der Waals surface area (Å²) < 4.78 is 13.4. The smallest absolute Gasteiger partial charge is 0.232 e. The average molecular weight is 394 g/mol. The SMILES string of the molecule is COc1ccc(-n2c(C)nnc2N2CC(Oc3ccc(CN)cc3C)C2)c(C)n1. The first-order chi connectivity index (χ1) is 14.0. The Morgan fingerprint density at radius 3 is 2.55 bits per heavy atom. The Labute approximate surface area is 170 Å². The molecule has 1 saturated heterocycles. The summed E-state index contributed by atoms with van der Waals surface area (Å²) >= 11 is 0. The Bertz CT molecular complexity index is 1030. The van der Waals surface area contributed by atoms with E-state index in [2.05, 4.69) is 26.1 Å². The minimum Gasteiger partial charge on any atom is -0.486 e. The summed E-state index contributed by atoms with van der Waals surface area (Å²) in [5, 5.41) is 8.67. The quantitative estimate of drug-likeness (QED) is 0.686. The fraction of sp³-hybridized carbons (Fsp3) is 0.381. The molecule has 1 aromatic carbocycles. The second kappa shape index (κ2) is 7.71. The fourth-order valence-corrected chi connectivity index (χ4v) is 3.54. The molecule has 3 aromatic rings. The lowest BCUT2D eigenvalue weighted by atomic mass is 10.1. The second-order valence-electron chi connectivity index (χ2n) is 7.29. The topological polar surface area (TPSA) is 91.3 Å². The van der Waals surface area contributed by atoms with Crippen molar-refractivity contribution in [1.82, 2.24) is 19.7 Å². The maximum atomic E-state index is 6.17. The van der Waals surface area contributed by atoms with Crippen LogP contribution in [0.3, 0.4) is 0 Å². The molecule has 0 saturated carbocycles. The Morgan fingerprint density at radius 2 is 1.90 bits per heavy atom. The fourth-order valence-electron chi connectivity index (χ4n) is 3.54. The highest BCUT2D eigenvalue weighted by atomic mass is 16.5. The van der Waals surface area contributed by atoms with E-state index in [1.165, 1.54) is 0 Å². The molecule has 2 aromatic heterocycles. The highest BCUT2D eigenvalue weighted by Crippen LogP contribution is 2.29. The van der Waals surface area contributed by atoms with Crippen LogP contribution in [-0.4, -0.2) is 46.1 Å². The van der Waals surface area contributed by atoms with Crippen molar-refractivity contribution in [1.29, 1.82) is 0 Å². The van der Waals surface area contributed by atoms with Gasteiger partial charge in [-0.1, -0.05) is 12.1 Å². The first kappa shape index (κ1) is 19.2. The summed E-state index contributed by atoms with van der Waals surface area (Å²) in [7, 11) is 1.61. The van der Waals surface area contributed by atoms with Crippen molar-refractivity contribution in [3.8, 4) is 17.3 Å². The number of rotatable bonds is 6. The number of anilines is 1. The Hall–Kier alpha value is -3.13. The van der Waals surface area contributed by atoms with Crippen LogP contribution in [0.5, 0.6) is 11.6 Å². The van der Waals surface area contributed by atoms with Crippen LogP contribution in [0.25, 0.3) is 5.69 Å². The van der Waals surface area contributed by atoms with E-state index in [-0.39, 0.29) is 6.10 Å². The van der Waals surface area contributed by atoms with Gasteiger partial charge in [-0.15, -0.1) is 10.2 Å². The molecule has 1 aliphatic heterocycles. The lowest BCUT2D eigenvalue weighted by Gasteiger charge is -2.39. The molecular formula is C21H26N6O2. The number of hydrogen-bond donors (Lipinski definition) is 1. The number of ether oxygens (including phenoxy) is 2. The van der Waals surface area contributed by atoms with Gasteiger partial charge in [-0.25, -0.2) is 4.98 Å². The minimum absolute atomic E-state index is 0.109. The van der Waals surface area contributed by atoms with Crippen molar-refractivity contribution >= 4 is 5.95 Å². The number of pyridine rings is 1. The normalized spacial score (nSPS) is 14.0. The van der Waals surface area contributed by atoms with Gasteiger partial charge in [0.05, 0.1) is 31.6 Å². The summed E-state index contributed by atoms with van der Waals surface area (Å²) in [4.78, 5) is 6.64. The predicted octanol–water partition coefficient (Wildman–Crippen LogP) is 2.32. The van der Waals surface area contributed by atoms with Gasteiger partial charge in [0.15, 0.2) is 0 Å². The summed E-state index contributed by atoms with van der Waals surface area (Å²) in [5.74, 6) is 3.10. The number of nitrogens with zero attached hydrogens (tertiary/aromatic N) is 5. The number of hydrogen-bond acceptors (Lipinski definition) is 7. The van der Waals surface area contributed by atoms with E-state index >= 15 is 0 Å². The molecule has 1 fully saturated rings. The molecule has 0 radical (unpaired) electrons. The van der Waals surface area contributed by atoms with Gasteiger partial charge in [-0.3, -0.25) is 4.57 Å². The number of methoxy groups -OCH3 is 1. The van der Waals surface area contributed by atoms with Gasteiger partial charge in [-0.2, -0.15) is 0 Å². The largest absolute Gasteiger partial charge is 0.486 e. The number of aromatic nitrogens is 4. The zero-order valence-electron chi connectivity index (χ0n) is 17.2. The number of aryl methyl sites for hydroxylation is 3. The van der Waals surface area contributed by atoms with Crippen molar-refractivity contribution in [2.24, 2.45) is 5.73 Å². The monoisotopic (exact) mass is 394 g/mol. The Morgan fingerprint density at radius 1 is 1.10 bits per heavy atom. The lowest BCUT2D eigenvalue weighted by molar-refractivity contribution is 0.164. The van der Waals surface area contributed by atoms with Crippen LogP contribution in [0.1, 0.15) is 22.6 Å². The van der Waals surface area contributed by atoms with E-state index in [9.17, 15) is 0 Å². The standard InChI is InChI=1S/C21H26N6O2/c1-13-9-16(10-22)5-7-19(13)29-17-11-26(12-17)21-25-24-15(3)27(21)18-6-8-20(28-4)23-14(18)2/h5-9,17H,10-12,22H2,1-4H3. The van der Waals surface area contributed by atoms with Crippen LogP contribution >= 0.6 is 0 Å². The predicted molar refractivity (Wildman–Crippen MR) is 111 cm³/mol. The molecule has 8 heteroatoms. The van der Waals surface area contributed by atoms with Crippen molar-refractivity contribution in [2.45, 2.75) is 33.4 Å². The number of benzene rings is 1. The van der Waals surface area contributed by atoms with Gasteiger partial charge >= 0.3 is 0 Å². The van der Waals surface area contributed by atoms with Gasteiger partial charge in [0, 0.05) is 12.6 Å². The van der Waals surface area contributed by atoms with E-state index in [1.807, 2.05) is 49.6 Å². The average Bonchev–Trinajstić information content (AvgIpc) is 3.05. The van der Waals surface area contributed by atoms with E-state index in [0.29, 0.717) is 12.4 Å². The van der Waals surface area contributed by atoms with Crippen molar-refractivity contribution in [2.75, 3.05) is 25.1 Å². The van der Waals surface area contributed by atoms with E-state index in [1.54, 1.807) is 7.11 Å². The minimum atomic E-state index is 0.109. The first-order valence-corrected chi connectivity index (χ1v) is 9.65. The van der Waals surface area contributed by atoms with Gasteiger partial charge < -0.3 is 20.1 Å². The second-order valence-corrected chi connectivity index (χ2v) is 7.29. The molecule has 3 heterocycles. The van der Waals surface area contributed by atoms with Crippen LogP contribution in [0.2, 0.25) is 0 Å². The van der Waals surface area contributed by atoms with Crippen LogP contribution in [-0.2, 0) is 6.54 Å². The molecule has 0 bridgehead atoms. The maximum absolute atomic E-state index is 6.17. The molecule has 0 aliphatic carbocycles. The summed E-state index contributed by atoms with van der Waals surface area (Å²) in [6.45, 7) is 7.97. The molecule has 1 aliphatic rings. The molecule has 29 heavy (non-hydrogen) atoms. The van der Waals surface area contributed by atoms with Gasteiger partial charge in [0.25, 0.3) is 0 Å². The summed E-state index contributed by atoms with van der Waals surface area (Å²) in [6.07, 6.45) is 0.109. The third kappa shape index (κ3) is 3.63. The van der Waals surface area contributed by atoms with E-state index < -0.39 is 0 Å². The van der Waals surface area contributed by atoms with Gasteiger partial charge in [0.2, 0.25) is 11.8 Å². The summed E-state index contributed by atoms with van der Waals surface area (Å²) in [5.41, 5.74) is 9.72. The molecule has 2 N–H and O–H groups in total. The van der Waals surface area contributed by atoms with Gasteiger partial charge in [-0.05, 0) is 44.0 Å². The van der Waals surface area contributed by atoms with Crippen LogP contribution < -0.4 is 20.1 Å². The van der Waals surface area contributed by atoms with E-state index in [0.717, 1.165) is 53.1 Å². The molecule has 4 rings (SSSR count). The third-order valence-electron chi connectivity index (χ3n) is 5.19. The van der Waals surface area contributed by atoms with Crippen LogP contribution in [0.4, 0.5) is 5.95 Å². The Balaban J connectivity index is 1.50. The van der Waals surface area contributed by atoms with Crippen molar-refractivity contribution < 1.29 is 9.47 Å². The molecular weight excluding hydrogens is 368 g/mol. The summed E-state index contributed by atoms with van der Waals surface area (Å²) in [6, 6.07) is 9.92. The Kier molecular flexibility index (Phi) is 5.10. The van der Waals surface area contributed by atoms with Crippen molar-refractivity contribution in [3.05, 3.63) is 53.0 Å². The molecule has 0 spiro atoms. The van der Waals surface area contributed by atoms with Gasteiger partial charge in [0.1, 0.15) is 17.7 Å². The zero-order chi connectivity index (χ0) is 20.5. The third-order valence-corrected chi connectivity index (χ3v) is 5.19. The molecule has 0 unspecified atom stereocenters. The highest BCUT2D eigenvalue weighted by molar-refractivity contribution is 5.49. The van der Waals surface area contributed by atoms with Crippen molar-refractivity contribution in [3.63, 3.8) is 0 Å². The highest BCUT2D eigenvalue weighted by Gasteiger charge is 2.33. The molecule has 8 nitrogen and oxygen atoms in total. The zero-order valence-corrected chi connectivity index (χ0v) is 17.2.